The number of benzene rings is 3. The summed E-state index contributed by atoms with van der Waals surface area (Å²) < 4.78 is 0. The molecule has 0 amide bonds. The Hall–Kier alpha value is -3.72. The number of hydrogen-bond acceptors (Lipinski definition) is 3. The van der Waals surface area contributed by atoms with Crippen LogP contribution in [-0.2, 0) is 0 Å². The molecule has 0 aliphatic heterocycles. The van der Waals surface area contributed by atoms with Gasteiger partial charge in [0.05, 0.1) is 5.71 Å². The van der Waals surface area contributed by atoms with Crippen LogP contribution in [0.4, 0.5) is 5.69 Å². The molecule has 0 spiro atoms. The third kappa shape index (κ3) is 3.62. The van der Waals surface area contributed by atoms with Gasteiger partial charge in [-0.05, 0) is 52.4 Å². The van der Waals surface area contributed by atoms with Gasteiger partial charge in [0.2, 0.25) is 0 Å². The van der Waals surface area contributed by atoms with Crippen LogP contribution in [0.5, 0.6) is 0 Å². The van der Waals surface area contributed by atoms with E-state index in [0.29, 0.717) is 11.4 Å². The number of nitrogen functional groups attached to an aromatic ring is 1. The molecule has 0 radical (unpaired) electrons. The van der Waals surface area contributed by atoms with Gasteiger partial charge in [-0.25, -0.2) is 0 Å². The van der Waals surface area contributed by atoms with Crippen molar-refractivity contribution < 1.29 is 0 Å². The highest BCUT2D eigenvalue weighted by Gasteiger charge is 2.07. The molecule has 3 heteroatoms. The van der Waals surface area contributed by atoms with Crippen molar-refractivity contribution >= 4 is 28.2 Å². The zero-order valence-electron chi connectivity index (χ0n) is 14.8. The summed E-state index contributed by atoms with van der Waals surface area (Å²) in [5.74, 6) is 0. The van der Waals surface area contributed by atoms with Crippen molar-refractivity contribution in [2.75, 3.05) is 5.73 Å². The lowest BCUT2D eigenvalue weighted by molar-refractivity contribution is 1.36. The minimum Gasteiger partial charge on any atom is -0.398 e. The fraction of sp³-hybridized carbons (Fsp3) is 0. The second-order valence-corrected chi connectivity index (χ2v) is 6.40. The van der Waals surface area contributed by atoms with Crippen LogP contribution in [0.3, 0.4) is 0 Å². The standard InChI is InChI=1S/C24H19N3/c25-23(10-6-17-4-2-1-3-5-17)22-15-20(9-11-24(22)26)19-8-7-18-12-13-27-16-21(18)14-19/h1-16,25H,26H2/b10-6+,25-23?. The molecular weight excluding hydrogens is 330 g/mol. The Labute approximate surface area is 158 Å². The van der Waals surface area contributed by atoms with Gasteiger partial charge in [0.25, 0.3) is 0 Å². The van der Waals surface area contributed by atoms with Crippen LogP contribution in [0, 0.1) is 5.41 Å². The highest BCUT2D eigenvalue weighted by molar-refractivity contribution is 6.12. The fourth-order valence-electron chi connectivity index (χ4n) is 3.07. The van der Waals surface area contributed by atoms with E-state index in [4.69, 9.17) is 11.1 Å². The van der Waals surface area contributed by atoms with Gasteiger partial charge in [-0.1, -0.05) is 54.6 Å². The third-order valence-electron chi connectivity index (χ3n) is 4.56. The van der Waals surface area contributed by atoms with Crippen molar-refractivity contribution in [3.63, 3.8) is 0 Å². The molecule has 0 fully saturated rings. The van der Waals surface area contributed by atoms with Crippen LogP contribution in [0.1, 0.15) is 11.1 Å². The molecule has 4 rings (SSSR count). The van der Waals surface area contributed by atoms with E-state index < -0.39 is 0 Å². The number of nitrogens with zero attached hydrogens (tertiary/aromatic N) is 1. The van der Waals surface area contributed by atoms with Gasteiger partial charge in [-0.2, -0.15) is 0 Å². The molecule has 0 aliphatic rings. The smallest absolute Gasteiger partial charge is 0.0633 e. The number of anilines is 1. The average Bonchev–Trinajstić information content (AvgIpc) is 2.73. The van der Waals surface area contributed by atoms with Crippen LogP contribution in [0.2, 0.25) is 0 Å². The molecule has 0 unspecified atom stereocenters. The second-order valence-electron chi connectivity index (χ2n) is 6.40. The average molecular weight is 349 g/mol. The molecule has 3 aromatic carbocycles. The molecule has 4 aromatic rings. The van der Waals surface area contributed by atoms with E-state index in [0.717, 1.165) is 33.0 Å². The predicted molar refractivity (Wildman–Crippen MR) is 114 cm³/mol. The molecule has 0 saturated heterocycles. The summed E-state index contributed by atoms with van der Waals surface area (Å²) in [5, 5.41) is 10.7. The summed E-state index contributed by atoms with van der Waals surface area (Å²) in [5.41, 5.74) is 11.0. The van der Waals surface area contributed by atoms with Crippen molar-refractivity contribution in [1.29, 1.82) is 5.41 Å². The quantitative estimate of drug-likeness (QED) is 0.374. The van der Waals surface area contributed by atoms with Gasteiger partial charge in [0, 0.05) is 29.0 Å². The Morgan fingerprint density at radius 3 is 2.48 bits per heavy atom. The first-order valence-corrected chi connectivity index (χ1v) is 8.76. The summed E-state index contributed by atoms with van der Waals surface area (Å²) >= 11 is 0. The lowest BCUT2D eigenvalue weighted by Gasteiger charge is -2.09. The van der Waals surface area contributed by atoms with Crippen molar-refractivity contribution in [2.24, 2.45) is 0 Å². The lowest BCUT2D eigenvalue weighted by Crippen LogP contribution is -2.01. The number of fused-ring (bicyclic) bond motifs is 1. The molecule has 0 saturated carbocycles. The van der Waals surface area contributed by atoms with E-state index in [1.807, 2.05) is 66.9 Å². The summed E-state index contributed by atoms with van der Waals surface area (Å²) in [6.45, 7) is 0. The van der Waals surface area contributed by atoms with Gasteiger partial charge < -0.3 is 11.1 Å². The van der Waals surface area contributed by atoms with Crippen LogP contribution < -0.4 is 5.73 Å². The van der Waals surface area contributed by atoms with Crippen LogP contribution in [-0.4, -0.2) is 10.7 Å². The molecule has 1 heterocycles. The Morgan fingerprint density at radius 1 is 0.852 bits per heavy atom. The Morgan fingerprint density at radius 2 is 1.63 bits per heavy atom. The van der Waals surface area contributed by atoms with E-state index in [-0.39, 0.29) is 0 Å². The van der Waals surface area contributed by atoms with Gasteiger partial charge in [0.15, 0.2) is 0 Å². The topological polar surface area (TPSA) is 62.8 Å². The highest BCUT2D eigenvalue weighted by atomic mass is 14.6. The number of hydrogen-bond donors (Lipinski definition) is 2. The molecule has 0 bridgehead atoms. The van der Waals surface area contributed by atoms with E-state index >= 15 is 0 Å². The molecule has 0 atom stereocenters. The first kappa shape index (κ1) is 16.7. The maximum absolute atomic E-state index is 8.43. The van der Waals surface area contributed by atoms with Crippen molar-refractivity contribution in [3.05, 3.63) is 102 Å². The second kappa shape index (κ2) is 7.26. The fourth-order valence-corrected chi connectivity index (χ4v) is 3.07. The maximum atomic E-state index is 8.43. The zero-order valence-corrected chi connectivity index (χ0v) is 14.8. The normalized spacial score (nSPS) is 11.1. The molecule has 3 nitrogen and oxygen atoms in total. The predicted octanol–water partition coefficient (Wildman–Crippen LogP) is 5.57. The Balaban J connectivity index is 1.68. The molecule has 0 aliphatic carbocycles. The van der Waals surface area contributed by atoms with E-state index in [1.165, 1.54) is 0 Å². The molecule has 27 heavy (non-hydrogen) atoms. The summed E-state index contributed by atoms with van der Waals surface area (Å²) in [4.78, 5) is 4.20. The SMILES string of the molecule is N=C(/C=C/c1ccccc1)c1cc(-c2ccc3ccncc3c2)ccc1N. The zero-order chi connectivity index (χ0) is 18.6. The molecular formula is C24H19N3. The number of pyridine rings is 1. The van der Waals surface area contributed by atoms with Gasteiger partial charge in [-0.15, -0.1) is 0 Å². The number of rotatable bonds is 4. The van der Waals surface area contributed by atoms with Crippen LogP contribution in [0.15, 0.2) is 91.3 Å². The molecule has 3 N–H and O–H groups in total. The van der Waals surface area contributed by atoms with Gasteiger partial charge in [0.1, 0.15) is 0 Å². The summed E-state index contributed by atoms with van der Waals surface area (Å²) in [6.07, 6.45) is 7.37. The number of allylic oxidation sites excluding steroid dienone is 1. The van der Waals surface area contributed by atoms with Crippen LogP contribution in [0.25, 0.3) is 28.0 Å². The number of nitrogens with two attached hydrogens (primary N) is 1. The maximum Gasteiger partial charge on any atom is 0.0633 e. The highest BCUT2D eigenvalue weighted by Crippen LogP contribution is 2.27. The number of aromatic nitrogens is 1. The van der Waals surface area contributed by atoms with E-state index in [2.05, 4.69) is 23.2 Å². The monoisotopic (exact) mass is 349 g/mol. The van der Waals surface area contributed by atoms with Gasteiger partial charge >= 0.3 is 0 Å². The Kier molecular flexibility index (Phi) is 4.50. The summed E-state index contributed by atoms with van der Waals surface area (Å²) in [6, 6.07) is 24.1. The summed E-state index contributed by atoms with van der Waals surface area (Å²) in [7, 11) is 0. The molecule has 1 aromatic heterocycles. The Bertz CT molecular complexity index is 1140. The number of nitrogens with one attached hydrogen (secondary N) is 1. The van der Waals surface area contributed by atoms with Crippen molar-refractivity contribution in [1.82, 2.24) is 4.98 Å². The van der Waals surface area contributed by atoms with Crippen molar-refractivity contribution in [3.8, 4) is 11.1 Å². The third-order valence-corrected chi connectivity index (χ3v) is 4.56. The van der Waals surface area contributed by atoms with Crippen molar-refractivity contribution in [2.45, 2.75) is 0 Å². The van der Waals surface area contributed by atoms with Gasteiger partial charge in [-0.3, -0.25) is 4.98 Å². The lowest BCUT2D eigenvalue weighted by atomic mass is 9.97. The molecule has 130 valence electrons. The largest absolute Gasteiger partial charge is 0.398 e. The minimum absolute atomic E-state index is 0.389. The minimum atomic E-state index is 0.389. The van der Waals surface area contributed by atoms with Crippen LogP contribution >= 0.6 is 0 Å². The first-order valence-electron chi connectivity index (χ1n) is 8.76. The van der Waals surface area contributed by atoms with E-state index in [1.54, 1.807) is 12.3 Å². The van der Waals surface area contributed by atoms with E-state index in [9.17, 15) is 0 Å². The first-order chi connectivity index (χ1) is 13.2.